The van der Waals surface area contributed by atoms with Crippen LogP contribution in [0.3, 0.4) is 0 Å². The highest BCUT2D eigenvalue weighted by Crippen LogP contribution is 2.30. The zero-order chi connectivity index (χ0) is 10.8. The Bertz CT molecular complexity index is 204. The second-order valence-corrected chi connectivity index (χ2v) is 3.69. The van der Waals surface area contributed by atoms with E-state index in [-0.39, 0.29) is 12.2 Å². The molecule has 0 aromatic carbocycles. The normalized spacial score (nSPS) is 38.0. The van der Waals surface area contributed by atoms with Crippen molar-refractivity contribution in [1.29, 1.82) is 0 Å². The minimum absolute atomic E-state index is 0.0257. The van der Waals surface area contributed by atoms with Crippen LogP contribution in [0.5, 0.6) is 0 Å². The first kappa shape index (κ1) is 11.5. The van der Waals surface area contributed by atoms with Gasteiger partial charge in [0.15, 0.2) is 0 Å². The van der Waals surface area contributed by atoms with Crippen molar-refractivity contribution in [2.24, 2.45) is 0 Å². The molecule has 0 N–H and O–H groups in total. The van der Waals surface area contributed by atoms with Crippen LogP contribution < -0.4 is 0 Å². The Hall–Kier alpha value is -0.610. The van der Waals surface area contributed by atoms with Crippen LogP contribution in [0.2, 0.25) is 0 Å². The number of rotatable bonds is 2. The summed E-state index contributed by atoms with van der Waals surface area (Å²) in [6.07, 6.45) is 1.32. The van der Waals surface area contributed by atoms with Gasteiger partial charge >= 0.3 is 5.97 Å². The van der Waals surface area contributed by atoms with E-state index in [1.165, 1.54) is 7.11 Å². The van der Waals surface area contributed by atoms with Crippen molar-refractivity contribution in [3.05, 3.63) is 0 Å². The van der Waals surface area contributed by atoms with Crippen LogP contribution in [0.1, 0.15) is 33.6 Å². The second-order valence-electron chi connectivity index (χ2n) is 3.69. The molecule has 1 heterocycles. The van der Waals surface area contributed by atoms with Gasteiger partial charge in [-0.05, 0) is 20.3 Å². The van der Waals surface area contributed by atoms with Crippen molar-refractivity contribution in [3.63, 3.8) is 0 Å². The second kappa shape index (κ2) is 4.28. The Morgan fingerprint density at radius 2 is 1.93 bits per heavy atom. The summed E-state index contributed by atoms with van der Waals surface area (Å²) in [5.74, 6) is -1.63. The SMILES string of the molecule is CCC1(C(=O)OC)O[C@H](C)C[C@H](C)O1. The standard InChI is InChI=1S/C10H18O4/c1-5-10(9(11)12-4)13-7(2)6-8(3)14-10/h7-8H,5-6H2,1-4H3/t7-,8+,10?. The number of hydrogen-bond acceptors (Lipinski definition) is 4. The third kappa shape index (κ3) is 2.07. The Morgan fingerprint density at radius 3 is 2.29 bits per heavy atom. The summed E-state index contributed by atoms with van der Waals surface area (Å²) in [5.41, 5.74) is 0. The predicted molar refractivity (Wildman–Crippen MR) is 50.7 cm³/mol. The topological polar surface area (TPSA) is 44.8 Å². The molecule has 1 aliphatic rings. The average molecular weight is 202 g/mol. The molecule has 0 saturated carbocycles. The van der Waals surface area contributed by atoms with Crippen LogP contribution >= 0.6 is 0 Å². The molecule has 82 valence electrons. The highest BCUT2D eigenvalue weighted by atomic mass is 16.7. The molecule has 1 aliphatic heterocycles. The smallest absolute Gasteiger partial charge is 0.366 e. The molecule has 3 atom stereocenters. The minimum atomic E-state index is -1.19. The maximum Gasteiger partial charge on any atom is 0.366 e. The van der Waals surface area contributed by atoms with Crippen LogP contribution in [-0.4, -0.2) is 31.1 Å². The van der Waals surface area contributed by atoms with Crippen LogP contribution in [0.15, 0.2) is 0 Å². The van der Waals surface area contributed by atoms with E-state index < -0.39 is 11.8 Å². The van der Waals surface area contributed by atoms with Gasteiger partial charge in [-0.25, -0.2) is 4.79 Å². The van der Waals surface area contributed by atoms with E-state index >= 15 is 0 Å². The Labute approximate surface area is 84.5 Å². The maximum atomic E-state index is 11.5. The van der Waals surface area contributed by atoms with Gasteiger partial charge in [0.25, 0.3) is 5.79 Å². The number of methoxy groups -OCH3 is 1. The third-order valence-corrected chi connectivity index (χ3v) is 2.41. The molecular formula is C10H18O4. The summed E-state index contributed by atoms with van der Waals surface area (Å²) in [4.78, 5) is 11.5. The third-order valence-electron chi connectivity index (χ3n) is 2.41. The molecule has 0 aliphatic carbocycles. The molecule has 0 aromatic rings. The Kier molecular flexibility index (Phi) is 3.50. The number of ether oxygens (including phenoxy) is 3. The van der Waals surface area contributed by atoms with Crippen molar-refractivity contribution in [1.82, 2.24) is 0 Å². The molecule has 0 aromatic heterocycles. The molecule has 1 saturated heterocycles. The lowest BCUT2D eigenvalue weighted by molar-refractivity contribution is -0.305. The van der Waals surface area contributed by atoms with E-state index in [2.05, 4.69) is 0 Å². The maximum absolute atomic E-state index is 11.5. The highest BCUT2D eigenvalue weighted by molar-refractivity contribution is 5.77. The first-order valence-corrected chi connectivity index (χ1v) is 4.98. The summed E-state index contributed by atoms with van der Waals surface area (Å²) in [5, 5.41) is 0. The largest absolute Gasteiger partial charge is 0.465 e. The molecule has 4 nitrogen and oxygen atoms in total. The molecule has 0 radical (unpaired) electrons. The summed E-state index contributed by atoms with van der Waals surface area (Å²) in [6.45, 7) is 5.72. The van der Waals surface area contributed by atoms with Gasteiger partial charge in [-0.15, -0.1) is 0 Å². The lowest BCUT2D eigenvalue weighted by Gasteiger charge is -2.40. The molecule has 4 heteroatoms. The zero-order valence-corrected chi connectivity index (χ0v) is 9.20. The predicted octanol–water partition coefficient (Wildman–Crippen LogP) is 1.48. The van der Waals surface area contributed by atoms with E-state index in [1.807, 2.05) is 20.8 Å². The van der Waals surface area contributed by atoms with Crippen molar-refractivity contribution >= 4 is 5.97 Å². The van der Waals surface area contributed by atoms with Crippen LogP contribution in [0, 0.1) is 0 Å². The summed E-state index contributed by atoms with van der Waals surface area (Å²) >= 11 is 0. The lowest BCUT2D eigenvalue weighted by Crippen LogP contribution is -2.52. The number of carbonyl (C=O) groups is 1. The fourth-order valence-corrected chi connectivity index (χ4v) is 1.80. The van der Waals surface area contributed by atoms with E-state index in [1.54, 1.807) is 0 Å². The monoisotopic (exact) mass is 202 g/mol. The van der Waals surface area contributed by atoms with E-state index in [4.69, 9.17) is 14.2 Å². The number of esters is 1. The van der Waals surface area contributed by atoms with Gasteiger partial charge < -0.3 is 14.2 Å². The van der Waals surface area contributed by atoms with Gasteiger partial charge in [-0.3, -0.25) is 0 Å². The molecule has 0 amide bonds. The van der Waals surface area contributed by atoms with Gasteiger partial charge in [0.05, 0.1) is 19.3 Å². The molecule has 0 bridgehead atoms. The number of hydrogen-bond donors (Lipinski definition) is 0. The Balaban J connectivity index is 2.81. The Morgan fingerprint density at radius 1 is 1.43 bits per heavy atom. The van der Waals surface area contributed by atoms with E-state index in [0.29, 0.717) is 6.42 Å². The fourth-order valence-electron chi connectivity index (χ4n) is 1.80. The first-order chi connectivity index (χ1) is 6.54. The minimum Gasteiger partial charge on any atom is -0.465 e. The van der Waals surface area contributed by atoms with Crippen molar-refractivity contribution in [2.45, 2.75) is 51.6 Å². The van der Waals surface area contributed by atoms with E-state index in [0.717, 1.165) is 6.42 Å². The summed E-state index contributed by atoms with van der Waals surface area (Å²) in [7, 11) is 1.34. The van der Waals surface area contributed by atoms with Crippen molar-refractivity contribution < 1.29 is 19.0 Å². The van der Waals surface area contributed by atoms with Gasteiger partial charge in [-0.2, -0.15) is 0 Å². The zero-order valence-electron chi connectivity index (χ0n) is 9.20. The van der Waals surface area contributed by atoms with Gasteiger partial charge in [0.1, 0.15) is 0 Å². The molecular weight excluding hydrogens is 184 g/mol. The molecule has 1 unspecified atom stereocenters. The number of carbonyl (C=O) groups excluding carboxylic acids is 1. The molecule has 0 spiro atoms. The fraction of sp³-hybridized carbons (Fsp3) is 0.900. The van der Waals surface area contributed by atoms with Crippen molar-refractivity contribution in [3.8, 4) is 0 Å². The van der Waals surface area contributed by atoms with Crippen LogP contribution in [0.25, 0.3) is 0 Å². The van der Waals surface area contributed by atoms with Crippen LogP contribution in [-0.2, 0) is 19.0 Å². The molecule has 14 heavy (non-hydrogen) atoms. The summed E-state index contributed by atoms with van der Waals surface area (Å²) < 4.78 is 15.8. The van der Waals surface area contributed by atoms with Crippen molar-refractivity contribution in [2.75, 3.05) is 7.11 Å². The van der Waals surface area contributed by atoms with Crippen LogP contribution in [0.4, 0.5) is 0 Å². The van der Waals surface area contributed by atoms with Gasteiger partial charge in [0, 0.05) is 6.42 Å². The summed E-state index contributed by atoms with van der Waals surface area (Å²) in [6, 6.07) is 0. The van der Waals surface area contributed by atoms with E-state index in [9.17, 15) is 4.79 Å². The van der Waals surface area contributed by atoms with Gasteiger partial charge in [0.2, 0.25) is 0 Å². The average Bonchev–Trinajstić information content (AvgIpc) is 2.14. The molecule has 1 rings (SSSR count). The lowest BCUT2D eigenvalue weighted by atomic mass is 10.1. The molecule has 1 fully saturated rings. The highest BCUT2D eigenvalue weighted by Gasteiger charge is 2.46. The van der Waals surface area contributed by atoms with Gasteiger partial charge in [-0.1, -0.05) is 6.92 Å². The first-order valence-electron chi connectivity index (χ1n) is 4.98. The quantitative estimate of drug-likeness (QED) is 0.636.